The molecule has 0 bridgehead atoms. The van der Waals surface area contributed by atoms with E-state index in [0.29, 0.717) is 25.3 Å². The second-order valence-corrected chi connectivity index (χ2v) is 8.68. The molecule has 4 aromatic rings. The van der Waals surface area contributed by atoms with Gasteiger partial charge >= 0.3 is 0 Å². The van der Waals surface area contributed by atoms with E-state index in [1.807, 2.05) is 55.5 Å². The number of benzene rings is 3. The third-order valence-corrected chi connectivity index (χ3v) is 6.54. The number of methoxy groups -OCH3 is 1. The summed E-state index contributed by atoms with van der Waals surface area (Å²) in [6, 6.07) is 23.9. The number of amides is 1. The van der Waals surface area contributed by atoms with Crippen molar-refractivity contribution in [3.8, 4) is 11.4 Å². The molecule has 1 unspecified atom stereocenters. The van der Waals surface area contributed by atoms with Gasteiger partial charge in [0.05, 0.1) is 37.4 Å². The molecule has 35 heavy (non-hydrogen) atoms. The number of aryl methyl sites for hydroxylation is 1. The molecule has 1 atom stereocenters. The van der Waals surface area contributed by atoms with Crippen LogP contribution >= 0.6 is 0 Å². The second-order valence-electron chi connectivity index (χ2n) is 8.68. The molecule has 2 heterocycles. The fourth-order valence-corrected chi connectivity index (χ4v) is 4.71. The Labute approximate surface area is 205 Å². The number of nitrogens with one attached hydrogen (secondary N) is 1. The molecule has 5 rings (SSSR count). The van der Waals surface area contributed by atoms with Gasteiger partial charge in [-0.1, -0.05) is 30.3 Å². The van der Waals surface area contributed by atoms with Gasteiger partial charge in [-0.15, -0.1) is 0 Å². The monoisotopic (exact) mass is 470 g/mol. The van der Waals surface area contributed by atoms with Gasteiger partial charge in [0, 0.05) is 30.9 Å². The van der Waals surface area contributed by atoms with Crippen LogP contribution in [0.5, 0.6) is 5.75 Å². The van der Waals surface area contributed by atoms with Crippen LogP contribution in [0.4, 0.5) is 0 Å². The van der Waals surface area contributed by atoms with E-state index in [1.54, 1.807) is 7.11 Å². The fourth-order valence-electron chi connectivity index (χ4n) is 4.71. The Morgan fingerprint density at radius 1 is 1.06 bits per heavy atom. The van der Waals surface area contributed by atoms with Crippen molar-refractivity contribution in [3.63, 3.8) is 0 Å². The van der Waals surface area contributed by atoms with E-state index in [1.165, 1.54) is 0 Å². The van der Waals surface area contributed by atoms with Gasteiger partial charge in [-0.2, -0.15) is 0 Å². The number of nitrogens with zero attached hydrogens (tertiary/aromatic N) is 3. The highest BCUT2D eigenvalue weighted by Gasteiger charge is 2.24. The standard InChI is InChI=1S/C28H30N4O3/c1-20-30-25-18-22(10-13-26(25)32(20)23-6-4-3-5-7-23)28(33)29-19-27(31-14-16-35-17-15-31)21-8-11-24(34-2)12-9-21/h3-13,18,27H,14-17,19H2,1-2H3,(H,29,33). The number of carbonyl (C=O) groups is 1. The first kappa shape index (κ1) is 23.1. The van der Waals surface area contributed by atoms with Crippen LogP contribution in [-0.4, -0.2) is 60.3 Å². The second kappa shape index (κ2) is 10.3. The SMILES string of the molecule is COc1ccc(C(CNC(=O)c2ccc3c(c2)nc(C)n3-c2ccccc2)N2CCOCC2)cc1. The number of para-hydroxylation sites is 1. The topological polar surface area (TPSA) is 68.6 Å². The van der Waals surface area contributed by atoms with Crippen molar-refractivity contribution in [1.29, 1.82) is 0 Å². The maximum Gasteiger partial charge on any atom is 0.251 e. The van der Waals surface area contributed by atoms with Gasteiger partial charge < -0.3 is 14.8 Å². The molecule has 7 heteroatoms. The summed E-state index contributed by atoms with van der Waals surface area (Å²) in [6.45, 7) is 5.53. The molecule has 180 valence electrons. The van der Waals surface area contributed by atoms with E-state index in [0.717, 1.165) is 46.9 Å². The number of ether oxygens (including phenoxy) is 2. The minimum Gasteiger partial charge on any atom is -0.497 e. The summed E-state index contributed by atoms with van der Waals surface area (Å²) in [5.74, 6) is 1.60. The summed E-state index contributed by atoms with van der Waals surface area (Å²) in [7, 11) is 1.66. The zero-order valence-corrected chi connectivity index (χ0v) is 20.1. The van der Waals surface area contributed by atoms with Gasteiger partial charge in [-0.05, 0) is 55.0 Å². The molecule has 0 spiro atoms. The quantitative estimate of drug-likeness (QED) is 0.440. The first-order chi connectivity index (χ1) is 17.1. The maximum absolute atomic E-state index is 13.2. The van der Waals surface area contributed by atoms with E-state index in [2.05, 4.69) is 39.0 Å². The van der Waals surface area contributed by atoms with Crippen LogP contribution in [0.3, 0.4) is 0 Å². The predicted molar refractivity (Wildman–Crippen MR) is 136 cm³/mol. The van der Waals surface area contributed by atoms with Crippen LogP contribution < -0.4 is 10.1 Å². The summed E-state index contributed by atoms with van der Waals surface area (Å²) in [6.07, 6.45) is 0. The summed E-state index contributed by atoms with van der Waals surface area (Å²) in [4.78, 5) is 20.2. The van der Waals surface area contributed by atoms with E-state index in [9.17, 15) is 4.79 Å². The summed E-state index contributed by atoms with van der Waals surface area (Å²) in [5.41, 5.74) is 4.58. The molecule has 1 aliphatic heterocycles. The van der Waals surface area contributed by atoms with Crippen molar-refractivity contribution in [2.75, 3.05) is 40.0 Å². The Morgan fingerprint density at radius 3 is 2.51 bits per heavy atom. The highest BCUT2D eigenvalue weighted by molar-refractivity contribution is 5.97. The molecule has 3 aromatic carbocycles. The number of carbonyl (C=O) groups excluding carboxylic acids is 1. The van der Waals surface area contributed by atoms with Crippen molar-refractivity contribution < 1.29 is 14.3 Å². The van der Waals surface area contributed by atoms with Crippen LogP contribution in [0.25, 0.3) is 16.7 Å². The van der Waals surface area contributed by atoms with Gasteiger partial charge in [-0.25, -0.2) is 4.98 Å². The Hall–Kier alpha value is -3.68. The number of fused-ring (bicyclic) bond motifs is 1. The molecule has 1 aromatic heterocycles. The third kappa shape index (κ3) is 4.92. The van der Waals surface area contributed by atoms with Crippen LogP contribution in [0.15, 0.2) is 72.8 Å². The molecule has 0 aliphatic carbocycles. The zero-order valence-electron chi connectivity index (χ0n) is 20.1. The summed E-state index contributed by atoms with van der Waals surface area (Å²) < 4.78 is 13.0. The number of morpholine rings is 1. The van der Waals surface area contributed by atoms with Crippen molar-refractivity contribution in [2.24, 2.45) is 0 Å². The van der Waals surface area contributed by atoms with Crippen molar-refractivity contribution in [2.45, 2.75) is 13.0 Å². The van der Waals surface area contributed by atoms with Gasteiger partial charge in [0.2, 0.25) is 0 Å². The largest absolute Gasteiger partial charge is 0.497 e. The molecule has 0 saturated carbocycles. The molecule has 1 N–H and O–H groups in total. The number of aromatic nitrogens is 2. The Balaban J connectivity index is 1.35. The lowest BCUT2D eigenvalue weighted by Gasteiger charge is -2.35. The Kier molecular flexibility index (Phi) is 6.79. The highest BCUT2D eigenvalue weighted by atomic mass is 16.5. The van der Waals surface area contributed by atoms with Crippen molar-refractivity contribution in [3.05, 3.63) is 89.7 Å². The van der Waals surface area contributed by atoms with Crippen LogP contribution in [0.2, 0.25) is 0 Å². The van der Waals surface area contributed by atoms with E-state index >= 15 is 0 Å². The average Bonchev–Trinajstić information content (AvgIpc) is 3.25. The molecule has 7 nitrogen and oxygen atoms in total. The first-order valence-electron chi connectivity index (χ1n) is 11.9. The number of hydrogen-bond donors (Lipinski definition) is 1. The molecule has 1 fully saturated rings. The zero-order chi connectivity index (χ0) is 24.2. The number of hydrogen-bond acceptors (Lipinski definition) is 5. The van der Waals surface area contributed by atoms with E-state index in [4.69, 9.17) is 14.5 Å². The lowest BCUT2D eigenvalue weighted by molar-refractivity contribution is 0.0162. The van der Waals surface area contributed by atoms with E-state index < -0.39 is 0 Å². The van der Waals surface area contributed by atoms with Gasteiger partial charge in [0.1, 0.15) is 11.6 Å². The third-order valence-electron chi connectivity index (χ3n) is 6.54. The van der Waals surface area contributed by atoms with Crippen LogP contribution in [0, 0.1) is 6.92 Å². The summed E-state index contributed by atoms with van der Waals surface area (Å²) in [5, 5.41) is 3.15. The molecule has 1 aliphatic rings. The Bertz CT molecular complexity index is 1300. The molecule has 1 amide bonds. The first-order valence-corrected chi connectivity index (χ1v) is 11.9. The molecule has 0 radical (unpaired) electrons. The van der Waals surface area contributed by atoms with Gasteiger partial charge in [0.15, 0.2) is 0 Å². The minimum atomic E-state index is -0.106. The van der Waals surface area contributed by atoms with Gasteiger partial charge in [0.25, 0.3) is 5.91 Å². The summed E-state index contributed by atoms with van der Waals surface area (Å²) >= 11 is 0. The lowest BCUT2D eigenvalue weighted by atomic mass is 10.0. The highest BCUT2D eigenvalue weighted by Crippen LogP contribution is 2.25. The normalized spacial score (nSPS) is 15.1. The average molecular weight is 471 g/mol. The molecule has 1 saturated heterocycles. The fraction of sp³-hybridized carbons (Fsp3) is 0.286. The minimum absolute atomic E-state index is 0.0528. The molecular formula is C28H30N4O3. The molecular weight excluding hydrogens is 440 g/mol. The number of imidazole rings is 1. The Morgan fingerprint density at radius 2 is 1.80 bits per heavy atom. The van der Waals surface area contributed by atoms with Crippen LogP contribution in [-0.2, 0) is 4.74 Å². The van der Waals surface area contributed by atoms with Gasteiger partial charge in [-0.3, -0.25) is 14.3 Å². The van der Waals surface area contributed by atoms with E-state index in [-0.39, 0.29) is 11.9 Å². The van der Waals surface area contributed by atoms with Crippen molar-refractivity contribution in [1.82, 2.24) is 19.8 Å². The smallest absolute Gasteiger partial charge is 0.251 e. The number of rotatable bonds is 7. The predicted octanol–water partition coefficient (Wildman–Crippen LogP) is 4.15. The van der Waals surface area contributed by atoms with Crippen LogP contribution in [0.1, 0.15) is 27.8 Å². The maximum atomic E-state index is 13.2. The lowest BCUT2D eigenvalue weighted by Crippen LogP contribution is -2.43. The van der Waals surface area contributed by atoms with Crippen molar-refractivity contribution >= 4 is 16.9 Å².